The molecule has 1 aliphatic carbocycles. The van der Waals surface area contributed by atoms with Gasteiger partial charge in [-0.2, -0.15) is 0 Å². The number of piperazine rings is 1. The summed E-state index contributed by atoms with van der Waals surface area (Å²) in [7, 11) is 0. The molecule has 0 spiro atoms. The second kappa shape index (κ2) is 12.7. The Bertz CT molecular complexity index is 1190. The maximum Gasteiger partial charge on any atom is 0.238 e. The molecule has 1 saturated heterocycles. The number of benzene rings is 2. The number of amides is 1. The number of anilines is 1. The first-order valence-electron chi connectivity index (χ1n) is 12.5. The zero-order valence-corrected chi connectivity index (χ0v) is 22.4. The van der Waals surface area contributed by atoms with Crippen LogP contribution in [0.2, 0.25) is 10.0 Å². The fourth-order valence-corrected chi connectivity index (χ4v) is 5.07. The third-order valence-electron chi connectivity index (χ3n) is 6.88. The highest BCUT2D eigenvalue weighted by Gasteiger charge is 2.27. The van der Waals surface area contributed by atoms with Crippen LogP contribution in [0.3, 0.4) is 0 Å². The number of hydrogen-bond acceptors (Lipinski definition) is 6. The number of ketones is 1. The summed E-state index contributed by atoms with van der Waals surface area (Å²) in [6.07, 6.45) is 2.29. The van der Waals surface area contributed by atoms with Gasteiger partial charge in [-0.3, -0.25) is 24.4 Å². The molecule has 2 aliphatic rings. The predicted molar refractivity (Wildman–Crippen MR) is 149 cm³/mol. The van der Waals surface area contributed by atoms with Crippen LogP contribution in [0.25, 0.3) is 0 Å². The molecule has 1 fully saturated rings. The van der Waals surface area contributed by atoms with Crippen LogP contribution in [0.15, 0.2) is 58.8 Å². The van der Waals surface area contributed by atoms with Gasteiger partial charge in [-0.15, -0.1) is 0 Å². The summed E-state index contributed by atoms with van der Waals surface area (Å²) in [5.41, 5.74) is 3.03. The summed E-state index contributed by atoms with van der Waals surface area (Å²) in [6.45, 7) is 6.86. The van der Waals surface area contributed by atoms with Crippen molar-refractivity contribution in [2.75, 3.05) is 51.1 Å². The maximum absolute atomic E-state index is 12.6. The first-order valence-corrected chi connectivity index (χ1v) is 13.3. The van der Waals surface area contributed by atoms with Crippen molar-refractivity contribution in [3.05, 3.63) is 75.0 Å². The Morgan fingerprint density at radius 1 is 1.05 bits per heavy atom. The molecule has 9 heteroatoms. The topological polar surface area (TPSA) is 85.2 Å². The standard InChI is InChI=1S/C28H32Cl2N4O3/c1-19-14-23(30)6-7-25(19)32-28(37)18-34-12-10-33(11-13-34)9-8-31-17-24-26(35)15-21(16-27(24)36)20-2-4-22(29)5-3-20/h2-7,14,17,21,35H,8-13,15-16,18H2,1H3,(H,32,37). The third-order valence-corrected chi connectivity index (χ3v) is 7.37. The number of aliphatic imine (C=N–C) groups is 1. The lowest BCUT2D eigenvalue weighted by atomic mass is 9.83. The second-order valence-electron chi connectivity index (χ2n) is 9.60. The number of carbonyl (C=O) groups is 2. The molecule has 0 bridgehead atoms. The smallest absolute Gasteiger partial charge is 0.238 e. The minimum Gasteiger partial charge on any atom is -0.511 e. The largest absolute Gasteiger partial charge is 0.511 e. The number of aliphatic hydroxyl groups excluding tert-OH is 1. The maximum atomic E-state index is 12.6. The number of Topliss-reactive ketones (excluding diaryl/α,β-unsaturated/α-hetero) is 1. The molecule has 0 radical (unpaired) electrons. The second-order valence-corrected chi connectivity index (χ2v) is 10.5. The molecule has 0 saturated carbocycles. The Balaban J connectivity index is 1.18. The Kier molecular flexibility index (Phi) is 9.38. The van der Waals surface area contributed by atoms with Gasteiger partial charge >= 0.3 is 0 Å². The van der Waals surface area contributed by atoms with E-state index in [0.29, 0.717) is 41.5 Å². The van der Waals surface area contributed by atoms with Crippen molar-refractivity contribution in [1.29, 1.82) is 0 Å². The fourth-order valence-electron chi connectivity index (χ4n) is 4.71. The number of allylic oxidation sites excluding steroid dienone is 2. The fraction of sp³-hybridized carbons (Fsp3) is 0.393. The van der Waals surface area contributed by atoms with Gasteiger partial charge in [0.2, 0.25) is 5.91 Å². The molecule has 1 amide bonds. The molecule has 1 aliphatic heterocycles. The van der Waals surface area contributed by atoms with E-state index >= 15 is 0 Å². The van der Waals surface area contributed by atoms with E-state index in [1.807, 2.05) is 31.2 Å². The summed E-state index contributed by atoms with van der Waals surface area (Å²) < 4.78 is 0. The van der Waals surface area contributed by atoms with Gasteiger partial charge in [-0.05, 0) is 54.3 Å². The van der Waals surface area contributed by atoms with Gasteiger partial charge in [0, 0.05) is 67.5 Å². The quantitative estimate of drug-likeness (QED) is 0.464. The molecule has 196 valence electrons. The molecular weight excluding hydrogens is 511 g/mol. The Labute approximate surface area is 227 Å². The zero-order chi connectivity index (χ0) is 26.4. The Morgan fingerprint density at radius 2 is 1.73 bits per heavy atom. The molecular formula is C28H32Cl2N4O3. The lowest BCUT2D eigenvalue weighted by Crippen LogP contribution is -2.49. The van der Waals surface area contributed by atoms with Gasteiger partial charge < -0.3 is 10.4 Å². The monoisotopic (exact) mass is 542 g/mol. The van der Waals surface area contributed by atoms with E-state index in [9.17, 15) is 14.7 Å². The number of rotatable bonds is 8. The number of nitrogens with one attached hydrogen (secondary N) is 1. The average molecular weight is 543 g/mol. The van der Waals surface area contributed by atoms with Crippen molar-refractivity contribution in [1.82, 2.24) is 9.80 Å². The molecule has 2 aromatic rings. The van der Waals surface area contributed by atoms with Crippen LogP contribution in [-0.2, 0) is 9.59 Å². The molecule has 2 N–H and O–H groups in total. The van der Waals surface area contributed by atoms with E-state index in [-0.39, 0.29) is 23.4 Å². The normalized spacial score (nSPS) is 19.5. The van der Waals surface area contributed by atoms with Gasteiger partial charge in [-0.25, -0.2) is 0 Å². The molecule has 1 atom stereocenters. The van der Waals surface area contributed by atoms with E-state index in [1.165, 1.54) is 6.21 Å². The summed E-state index contributed by atoms with van der Waals surface area (Å²) in [5, 5.41) is 14.7. The van der Waals surface area contributed by atoms with Crippen LogP contribution in [0.4, 0.5) is 5.69 Å². The summed E-state index contributed by atoms with van der Waals surface area (Å²) in [6, 6.07) is 12.8. The van der Waals surface area contributed by atoms with Crippen molar-refractivity contribution < 1.29 is 14.7 Å². The summed E-state index contributed by atoms with van der Waals surface area (Å²) in [5.74, 6) is -0.0729. The molecule has 2 aromatic carbocycles. The molecule has 1 heterocycles. The number of aliphatic hydroxyl groups is 1. The number of halogens is 2. The molecule has 7 nitrogen and oxygen atoms in total. The Morgan fingerprint density at radius 3 is 2.41 bits per heavy atom. The molecule has 4 rings (SSSR count). The zero-order valence-electron chi connectivity index (χ0n) is 20.9. The third kappa shape index (κ3) is 7.65. The number of carbonyl (C=O) groups excluding carboxylic acids is 2. The highest BCUT2D eigenvalue weighted by Crippen LogP contribution is 2.33. The lowest BCUT2D eigenvalue weighted by Gasteiger charge is -2.34. The van der Waals surface area contributed by atoms with Crippen LogP contribution in [0.5, 0.6) is 0 Å². The van der Waals surface area contributed by atoms with Crippen molar-refractivity contribution in [2.45, 2.75) is 25.7 Å². The van der Waals surface area contributed by atoms with Crippen molar-refractivity contribution in [3.63, 3.8) is 0 Å². The molecule has 0 aromatic heterocycles. The van der Waals surface area contributed by atoms with Crippen LogP contribution in [-0.4, -0.2) is 78.6 Å². The van der Waals surface area contributed by atoms with Gasteiger partial charge in [0.15, 0.2) is 5.78 Å². The van der Waals surface area contributed by atoms with Gasteiger partial charge in [-0.1, -0.05) is 35.3 Å². The number of nitrogens with zero attached hydrogens (tertiary/aromatic N) is 3. The van der Waals surface area contributed by atoms with Crippen LogP contribution in [0, 0.1) is 6.92 Å². The molecule has 37 heavy (non-hydrogen) atoms. The lowest BCUT2D eigenvalue weighted by molar-refractivity contribution is -0.118. The highest BCUT2D eigenvalue weighted by atomic mass is 35.5. The summed E-state index contributed by atoms with van der Waals surface area (Å²) in [4.78, 5) is 33.9. The van der Waals surface area contributed by atoms with Crippen molar-refractivity contribution >= 4 is 46.8 Å². The molecule has 1 unspecified atom stereocenters. The van der Waals surface area contributed by atoms with E-state index in [4.69, 9.17) is 23.2 Å². The predicted octanol–water partition coefficient (Wildman–Crippen LogP) is 4.89. The van der Waals surface area contributed by atoms with Crippen molar-refractivity contribution in [2.24, 2.45) is 4.99 Å². The minimum atomic E-state index is -0.0897. The van der Waals surface area contributed by atoms with Crippen LogP contribution >= 0.6 is 23.2 Å². The van der Waals surface area contributed by atoms with Gasteiger partial charge in [0.1, 0.15) is 5.76 Å². The van der Waals surface area contributed by atoms with E-state index in [1.54, 1.807) is 18.2 Å². The highest BCUT2D eigenvalue weighted by molar-refractivity contribution is 6.31. The van der Waals surface area contributed by atoms with Crippen molar-refractivity contribution in [3.8, 4) is 0 Å². The van der Waals surface area contributed by atoms with Gasteiger partial charge in [0.05, 0.1) is 18.7 Å². The summed E-state index contributed by atoms with van der Waals surface area (Å²) >= 11 is 11.9. The minimum absolute atomic E-state index is 0.0352. The van der Waals surface area contributed by atoms with E-state index in [0.717, 1.165) is 49.5 Å². The van der Waals surface area contributed by atoms with E-state index in [2.05, 4.69) is 20.1 Å². The van der Waals surface area contributed by atoms with Crippen LogP contribution in [0.1, 0.15) is 29.9 Å². The van der Waals surface area contributed by atoms with Gasteiger partial charge in [0.25, 0.3) is 0 Å². The number of aryl methyl sites for hydroxylation is 1. The number of hydrogen-bond donors (Lipinski definition) is 2. The first-order chi connectivity index (χ1) is 17.8. The average Bonchev–Trinajstić information content (AvgIpc) is 2.86. The Hall–Kier alpha value is -2.71. The SMILES string of the molecule is Cc1cc(Cl)ccc1NC(=O)CN1CCN(CCN=CC2=C(O)CC(c3ccc(Cl)cc3)CC2=O)CC1. The van der Waals surface area contributed by atoms with E-state index < -0.39 is 0 Å². The first kappa shape index (κ1) is 27.3. The van der Waals surface area contributed by atoms with Crippen LogP contribution < -0.4 is 5.32 Å².